The van der Waals surface area contributed by atoms with Gasteiger partial charge in [0.25, 0.3) is 0 Å². The SMILES string of the molecule is Nc1cccc(-c2c(Cl)c(Cl)c(Cl)c(Cl)c2Cl)c1F. The molecule has 0 aliphatic heterocycles. The highest BCUT2D eigenvalue weighted by molar-refractivity contribution is 6.56. The van der Waals surface area contributed by atoms with Crippen molar-refractivity contribution in [3.8, 4) is 11.1 Å². The Balaban J connectivity index is 2.87. The maximum absolute atomic E-state index is 14.0. The second-order valence-electron chi connectivity index (χ2n) is 3.65. The number of hydrogen-bond acceptors (Lipinski definition) is 1. The van der Waals surface area contributed by atoms with E-state index in [0.29, 0.717) is 0 Å². The smallest absolute Gasteiger partial charge is 0.153 e. The Morgan fingerprint density at radius 3 is 1.79 bits per heavy atom. The fourth-order valence-corrected chi connectivity index (χ4v) is 2.93. The number of benzene rings is 2. The number of anilines is 1. The van der Waals surface area contributed by atoms with Crippen LogP contribution in [0.15, 0.2) is 18.2 Å². The molecule has 0 fully saturated rings. The van der Waals surface area contributed by atoms with Crippen LogP contribution >= 0.6 is 58.0 Å². The van der Waals surface area contributed by atoms with Crippen molar-refractivity contribution in [3.63, 3.8) is 0 Å². The molecule has 0 amide bonds. The second kappa shape index (κ2) is 5.55. The van der Waals surface area contributed by atoms with E-state index >= 15 is 0 Å². The van der Waals surface area contributed by atoms with E-state index in [2.05, 4.69) is 0 Å². The number of halogens is 6. The van der Waals surface area contributed by atoms with Gasteiger partial charge < -0.3 is 5.73 Å². The quantitative estimate of drug-likeness (QED) is 0.359. The number of nitrogen functional groups attached to an aromatic ring is 1. The molecule has 0 aliphatic carbocycles. The van der Waals surface area contributed by atoms with E-state index in [9.17, 15) is 4.39 Å². The molecule has 0 bridgehead atoms. The fraction of sp³-hybridized carbons (Fsp3) is 0. The van der Waals surface area contributed by atoms with Crippen molar-refractivity contribution < 1.29 is 4.39 Å². The third-order valence-corrected chi connectivity index (χ3v) is 4.78. The first-order valence-electron chi connectivity index (χ1n) is 4.92. The van der Waals surface area contributed by atoms with Crippen molar-refractivity contribution in [2.24, 2.45) is 0 Å². The van der Waals surface area contributed by atoms with E-state index in [1.54, 1.807) is 6.07 Å². The predicted molar refractivity (Wildman–Crippen MR) is 81.3 cm³/mol. The van der Waals surface area contributed by atoms with Gasteiger partial charge in [0.05, 0.1) is 30.8 Å². The molecule has 0 radical (unpaired) electrons. The Bertz CT molecular complexity index is 643. The molecule has 0 aliphatic rings. The molecule has 0 spiro atoms. The summed E-state index contributed by atoms with van der Waals surface area (Å²) in [5, 5.41) is 0.0756. The molecule has 0 unspecified atom stereocenters. The summed E-state index contributed by atoms with van der Waals surface area (Å²) in [6, 6.07) is 4.45. The molecule has 100 valence electrons. The average molecular weight is 359 g/mol. The van der Waals surface area contributed by atoms with Gasteiger partial charge in [-0.1, -0.05) is 70.1 Å². The van der Waals surface area contributed by atoms with Gasteiger partial charge in [-0.3, -0.25) is 0 Å². The van der Waals surface area contributed by atoms with Crippen LogP contribution in [-0.2, 0) is 0 Å². The summed E-state index contributed by atoms with van der Waals surface area (Å²) in [5.74, 6) is -0.652. The number of hydrogen-bond donors (Lipinski definition) is 1. The first-order chi connectivity index (χ1) is 8.86. The van der Waals surface area contributed by atoms with Crippen LogP contribution in [0.4, 0.5) is 10.1 Å². The molecule has 0 aromatic heterocycles. The monoisotopic (exact) mass is 357 g/mol. The minimum Gasteiger partial charge on any atom is -0.396 e. The predicted octanol–water partition coefficient (Wildman–Crippen LogP) is 6.34. The molecule has 0 heterocycles. The first kappa shape index (κ1) is 15.0. The fourth-order valence-electron chi connectivity index (χ4n) is 1.58. The van der Waals surface area contributed by atoms with Gasteiger partial charge in [0.2, 0.25) is 0 Å². The van der Waals surface area contributed by atoms with Crippen molar-refractivity contribution in [1.82, 2.24) is 0 Å². The molecule has 7 heteroatoms. The van der Waals surface area contributed by atoms with Crippen molar-refractivity contribution in [2.45, 2.75) is 0 Å². The van der Waals surface area contributed by atoms with Crippen molar-refractivity contribution in [3.05, 3.63) is 49.1 Å². The van der Waals surface area contributed by atoms with Crippen LogP contribution < -0.4 is 5.73 Å². The van der Waals surface area contributed by atoms with Gasteiger partial charge in [-0.25, -0.2) is 4.39 Å². The van der Waals surface area contributed by atoms with Crippen LogP contribution in [0, 0.1) is 5.82 Å². The average Bonchev–Trinajstić information content (AvgIpc) is 2.39. The Labute approximate surface area is 134 Å². The summed E-state index contributed by atoms with van der Waals surface area (Å²) in [7, 11) is 0. The van der Waals surface area contributed by atoms with Gasteiger partial charge in [0.1, 0.15) is 0 Å². The lowest BCUT2D eigenvalue weighted by atomic mass is 10.0. The zero-order valence-corrected chi connectivity index (χ0v) is 12.9. The lowest BCUT2D eigenvalue weighted by Gasteiger charge is -2.13. The Kier molecular flexibility index (Phi) is 4.38. The Hall–Kier alpha value is -0.380. The molecular weight excluding hydrogens is 354 g/mol. The molecular formula is C12H5Cl5FN. The van der Waals surface area contributed by atoms with Crippen molar-refractivity contribution >= 4 is 63.7 Å². The maximum Gasteiger partial charge on any atom is 0.153 e. The molecule has 1 nitrogen and oxygen atoms in total. The normalized spacial score (nSPS) is 10.8. The molecule has 0 saturated carbocycles. The van der Waals surface area contributed by atoms with Crippen LogP contribution in [0.5, 0.6) is 0 Å². The van der Waals surface area contributed by atoms with E-state index in [4.69, 9.17) is 63.7 Å². The van der Waals surface area contributed by atoms with Crippen LogP contribution in [-0.4, -0.2) is 0 Å². The van der Waals surface area contributed by atoms with Crippen LogP contribution in [0.1, 0.15) is 0 Å². The van der Waals surface area contributed by atoms with E-state index < -0.39 is 5.82 Å². The van der Waals surface area contributed by atoms with Gasteiger partial charge in [-0.15, -0.1) is 0 Å². The van der Waals surface area contributed by atoms with Gasteiger partial charge in [0, 0.05) is 11.1 Å². The van der Waals surface area contributed by atoms with Crippen LogP contribution in [0.2, 0.25) is 25.1 Å². The summed E-state index contributed by atoms with van der Waals surface area (Å²) in [6.45, 7) is 0. The highest BCUT2D eigenvalue weighted by atomic mass is 35.5. The largest absolute Gasteiger partial charge is 0.396 e. The lowest BCUT2D eigenvalue weighted by Crippen LogP contribution is -1.95. The van der Waals surface area contributed by atoms with E-state index in [1.807, 2.05) is 0 Å². The summed E-state index contributed by atoms with van der Waals surface area (Å²) in [6.07, 6.45) is 0. The molecule has 19 heavy (non-hydrogen) atoms. The summed E-state index contributed by atoms with van der Waals surface area (Å²) in [4.78, 5) is 0. The summed E-state index contributed by atoms with van der Waals surface area (Å²) in [5.41, 5.74) is 5.74. The molecule has 0 saturated heterocycles. The minimum absolute atomic E-state index is 0.00885. The van der Waals surface area contributed by atoms with Crippen molar-refractivity contribution in [1.29, 1.82) is 0 Å². The van der Waals surface area contributed by atoms with E-state index in [0.717, 1.165) is 0 Å². The highest BCUT2D eigenvalue weighted by Crippen LogP contribution is 2.48. The van der Waals surface area contributed by atoms with E-state index in [1.165, 1.54) is 12.1 Å². The Morgan fingerprint density at radius 2 is 1.26 bits per heavy atom. The molecule has 2 N–H and O–H groups in total. The van der Waals surface area contributed by atoms with E-state index in [-0.39, 0.29) is 41.9 Å². The van der Waals surface area contributed by atoms with Gasteiger partial charge in [0.15, 0.2) is 5.82 Å². The lowest BCUT2D eigenvalue weighted by molar-refractivity contribution is 0.636. The molecule has 2 rings (SSSR count). The first-order valence-corrected chi connectivity index (χ1v) is 6.81. The molecule has 0 atom stereocenters. The zero-order chi connectivity index (χ0) is 14.3. The molecule has 2 aromatic rings. The van der Waals surface area contributed by atoms with Gasteiger partial charge >= 0.3 is 0 Å². The number of nitrogens with two attached hydrogens (primary N) is 1. The Morgan fingerprint density at radius 1 is 0.789 bits per heavy atom. The maximum atomic E-state index is 14.0. The zero-order valence-electron chi connectivity index (χ0n) is 9.08. The van der Waals surface area contributed by atoms with Gasteiger partial charge in [-0.2, -0.15) is 0 Å². The molecule has 2 aromatic carbocycles. The highest BCUT2D eigenvalue weighted by Gasteiger charge is 2.22. The van der Waals surface area contributed by atoms with Crippen LogP contribution in [0.25, 0.3) is 11.1 Å². The number of rotatable bonds is 1. The standard InChI is InChI=1S/C12H5Cl5FN/c13-7-6(4-2-1-3-5(19)12(4)18)8(14)10(16)11(17)9(7)15/h1-3H,19H2. The van der Waals surface area contributed by atoms with Crippen LogP contribution in [0.3, 0.4) is 0 Å². The van der Waals surface area contributed by atoms with Gasteiger partial charge in [-0.05, 0) is 6.07 Å². The minimum atomic E-state index is -0.652. The topological polar surface area (TPSA) is 26.0 Å². The third kappa shape index (κ3) is 2.48. The summed E-state index contributed by atoms with van der Waals surface area (Å²) < 4.78 is 14.0. The van der Waals surface area contributed by atoms with Crippen molar-refractivity contribution in [2.75, 3.05) is 5.73 Å². The summed E-state index contributed by atoms with van der Waals surface area (Å²) >= 11 is 29.9. The third-order valence-electron chi connectivity index (χ3n) is 2.51. The second-order valence-corrected chi connectivity index (χ2v) is 5.54.